The number of ether oxygens (including phenoxy) is 1. The lowest BCUT2D eigenvalue weighted by Gasteiger charge is -2.48. The Balaban J connectivity index is 1.62. The summed E-state index contributed by atoms with van der Waals surface area (Å²) in [6.45, 7) is 5.10. The van der Waals surface area contributed by atoms with Crippen LogP contribution in [-0.4, -0.2) is 34.2 Å². The van der Waals surface area contributed by atoms with E-state index < -0.39 is 0 Å². The van der Waals surface area contributed by atoms with Gasteiger partial charge in [-0.2, -0.15) is 0 Å². The number of nitrogens with zero attached hydrogens (tertiary/aromatic N) is 2. The molecule has 0 bridgehead atoms. The maximum atomic E-state index is 5.61. The van der Waals surface area contributed by atoms with Gasteiger partial charge in [-0.15, -0.1) is 0 Å². The van der Waals surface area contributed by atoms with Crippen molar-refractivity contribution in [1.29, 1.82) is 0 Å². The van der Waals surface area contributed by atoms with Crippen molar-refractivity contribution in [1.82, 2.24) is 15.3 Å². The molecular weight excluding hydrogens is 252 g/mol. The van der Waals surface area contributed by atoms with E-state index in [4.69, 9.17) is 4.74 Å². The summed E-state index contributed by atoms with van der Waals surface area (Å²) >= 11 is 0. The van der Waals surface area contributed by atoms with E-state index in [2.05, 4.69) is 20.6 Å². The molecule has 110 valence electrons. The van der Waals surface area contributed by atoms with Gasteiger partial charge in [-0.25, -0.2) is 9.97 Å². The minimum atomic E-state index is 0.134. The van der Waals surface area contributed by atoms with E-state index in [1.54, 1.807) is 6.33 Å². The fraction of sp³-hybridized carbons (Fsp3) is 0.733. The maximum absolute atomic E-state index is 5.61. The maximum Gasteiger partial charge on any atom is 0.218 e. The van der Waals surface area contributed by atoms with Gasteiger partial charge < -0.3 is 15.4 Å². The smallest absolute Gasteiger partial charge is 0.218 e. The Morgan fingerprint density at radius 3 is 2.95 bits per heavy atom. The van der Waals surface area contributed by atoms with E-state index in [0.717, 1.165) is 18.8 Å². The molecular formula is C15H24N4O. The first kappa shape index (κ1) is 13.6. The van der Waals surface area contributed by atoms with Crippen molar-refractivity contribution < 1.29 is 4.74 Å². The number of piperidine rings is 1. The molecule has 0 amide bonds. The van der Waals surface area contributed by atoms with Crippen molar-refractivity contribution in [2.45, 2.75) is 63.6 Å². The largest absolute Gasteiger partial charge is 0.475 e. The van der Waals surface area contributed by atoms with Crippen LogP contribution in [0.3, 0.4) is 0 Å². The molecule has 5 nitrogen and oxygen atoms in total. The third-order valence-electron chi connectivity index (χ3n) is 4.29. The lowest BCUT2D eigenvalue weighted by Crippen LogP contribution is -2.58. The molecule has 1 unspecified atom stereocenters. The van der Waals surface area contributed by atoms with Crippen LogP contribution >= 0.6 is 0 Å². The number of hydrogen-bond donors (Lipinski definition) is 2. The summed E-state index contributed by atoms with van der Waals surface area (Å²) < 4.78 is 5.61. The molecule has 1 atom stereocenters. The molecule has 1 aromatic rings. The molecule has 2 heterocycles. The summed E-state index contributed by atoms with van der Waals surface area (Å²) in [5.74, 6) is 1.52. The van der Waals surface area contributed by atoms with Crippen LogP contribution in [0.25, 0.3) is 0 Å². The Morgan fingerprint density at radius 1 is 1.40 bits per heavy atom. The molecule has 2 N–H and O–H groups in total. The van der Waals surface area contributed by atoms with Crippen LogP contribution in [0.2, 0.25) is 0 Å². The summed E-state index contributed by atoms with van der Waals surface area (Å²) in [5, 5.41) is 7.23. The van der Waals surface area contributed by atoms with Gasteiger partial charge in [0.25, 0.3) is 0 Å². The molecule has 1 aliphatic heterocycles. The van der Waals surface area contributed by atoms with Crippen molar-refractivity contribution in [2.24, 2.45) is 0 Å². The first-order valence-electron chi connectivity index (χ1n) is 7.65. The van der Waals surface area contributed by atoms with E-state index in [0.29, 0.717) is 17.5 Å². The molecule has 1 saturated carbocycles. The minimum Gasteiger partial charge on any atom is -0.475 e. The quantitative estimate of drug-likeness (QED) is 0.884. The number of anilines is 1. The molecule has 0 aromatic carbocycles. The van der Waals surface area contributed by atoms with Gasteiger partial charge >= 0.3 is 0 Å². The Kier molecular flexibility index (Phi) is 3.78. The topological polar surface area (TPSA) is 59.1 Å². The van der Waals surface area contributed by atoms with Gasteiger partial charge in [0.2, 0.25) is 5.88 Å². The van der Waals surface area contributed by atoms with E-state index in [1.807, 2.05) is 19.9 Å². The van der Waals surface area contributed by atoms with E-state index in [-0.39, 0.29) is 6.10 Å². The predicted molar refractivity (Wildman–Crippen MR) is 79.0 cm³/mol. The summed E-state index contributed by atoms with van der Waals surface area (Å²) in [6.07, 6.45) is 8.03. The van der Waals surface area contributed by atoms with Gasteiger partial charge in [0.1, 0.15) is 12.1 Å². The first-order valence-corrected chi connectivity index (χ1v) is 7.65. The van der Waals surface area contributed by atoms with Crippen LogP contribution in [0.5, 0.6) is 5.88 Å². The lowest BCUT2D eigenvalue weighted by molar-refractivity contribution is 0.135. The highest BCUT2D eigenvalue weighted by molar-refractivity contribution is 5.38. The fourth-order valence-corrected chi connectivity index (χ4v) is 3.20. The minimum absolute atomic E-state index is 0.134. The number of nitrogens with one attached hydrogen (secondary N) is 2. The Morgan fingerprint density at radius 2 is 2.25 bits per heavy atom. The van der Waals surface area contributed by atoms with Crippen molar-refractivity contribution in [3.8, 4) is 5.88 Å². The highest BCUT2D eigenvalue weighted by Gasteiger charge is 2.40. The van der Waals surface area contributed by atoms with Crippen molar-refractivity contribution in [2.75, 3.05) is 11.9 Å². The van der Waals surface area contributed by atoms with Gasteiger partial charge in [-0.05, 0) is 52.5 Å². The highest BCUT2D eigenvalue weighted by atomic mass is 16.5. The van der Waals surface area contributed by atoms with Gasteiger partial charge in [-0.1, -0.05) is 0 Å². The molecule has 1 aliphatic carbocycles. The zero-order valence-electron chi connectivity index (χ0n) is 12.4. The fourth-order valence-electron chi connectivity index (χ4n) is 3.20. The third-order valence-corrected chi connectivity index (χ3v) is 4.29. The first-order chi connectivity index (χ1) is 9.65. The molecule has 20 heavy (non-hydrogen) atoms. The molecule has 3 rings (SSSR count). The van der Waals surface area contributed by atoms with Gasteiger partial charge in [-0.3, -0.25) is 0 Å². The number of aromatic nitrogens is 2. The summed E-state index contributed by atoms with van der Waals surface area (Å²) in [5.41, 5.74) is 0.403. The van der Waals surface area contributed by atoms with Crippen molar-refractivity contribution in [3.63, 3.8) is 0 Å². The second-order valence-electron chi connectivity index (χ2n) is 6.30. The Hall–Kier alpha value is -1.36. The van der Waals surface area contributed by atoms with Crippen LogP contribution in [0.4, 0.5) is 5.82 Å². The Labute approximate surface area is 120 Å². The summed E-state index contributed by atoms with van der Waals surface area (Å²) in [6, 6.07) is 2.40. The van der Waals surface area contributed by atoms with Gasteiger partial charge in [0.15, 0.2) is 0 Å². The average Bonchev–Trinajstić information content (AvgIpc) is 2.37. The van der Waals surface area contributed by atoms with Crippen LogP contribution in [0.1, 0.15) is 46.0 Å². The normalized spacial score (nSPS) is 24.4. The summed E-state index contributed by atoms with van der Waals surface area (Å²) in [7, 11) is 0. The monoisotopic (exact) mass is 276 g/mol. The molecule has 1 spiro atoms. The van der Waals surface area contributed by atoms with Gasteiger partial charge in [0, 0.05) is 17.6 Å². The van der Waals surface area contributed by atoms with Crippen LogP contribution in [-0.2, 0) is 0 Å². The van der Waals surface area contributed by atoms with Crippen LogP contribution in [0.15, 0.2) is 12.4 Å². The predicted octanol–water partition coefficient (Wildman–Crippen LogP) is 2.35. The zero-order chi connectivity index (χ0) is 14.0. The summed E-state index contributed by atoms with van der Waals surface area (Å²) in [4.78, 5) is 8.45. The molecule has 1 aromatic heterocycles. The molecule has 2 aliphatic rings. The van der Waals surface area contributed by atoms with Crippen molar-refractivity contribution in [3.05, 3.63) is 12.4 Å². The average molecular weight is 276 g/mol. The highest BCUT2D eigenvalue weighted by Crippen LogP contribution is 2.38. The molecule has 0 radical (unpaired) electrons. The second-order valence-corrected chi connectivity index (χ2v) is 6.30. The number of hydrogen-bond acceptors (Lipinski definition) is 5. The molecule has 5 heteroatoms. The SMILES string of the molecule is CC(C)Oc1cc(NC2CCNC3(CCC3)C2)ncn1. The zero-order valence-corrected chi connectivity index (χ0v) is 12.4. The van der Waals surface area contributed by atoms with E-state index >= 15 is 0 Å². The van der Waals surface area contributed by atoms with E-state index in [9.17, 15) is 0 Å². The molecule has 1 saturated heterocycles. The lowest BCUT2D eigenvalue weighted by atomic mass is 9.70. The standard InChI is InChI=1S/C15H24N4O/c1-11(2)20-14-8-13(16-10-17-14)19-12-4-7-18-15(9-12)5-3-6-15/h8,10-12,18H,3-7,9H2,1-2H3,(H,16,17,19). The van der Waals surface area contributed by atoms with E-state index in [1.165, 1.54) is 25.7 Å². The van der Waals surface area contributed by atoms with Crippen LogP contribution in [0, 0.1) is 0 Å². The van der Waals surface area contributed by atoms with Crippen molar-refractivity contribution >= 4 is 5.82 Å². The Bertz CT molecular complexity index is 459. The van der Waals surface area contributed by atoms with Crippen LogP contribution < -0.4 is 15.4 Å². The number of rotatable bonds is 4. The second kappa shape index (κ2) is 5.56. The van der Waals surface area contributed by atoms with Gasteiger partial charge in [0.05, 0.1) is 6.10 Å². The molecule has 2 fully saturated rings. The third kappa shape index (κ3) is 3.03.